The molecule has 0 radical (unpaired) electrons. The van der Waals surface area contributed by atoms with Crippen molar-refractivity contribution in [3.8, 4) is 11.5 Å². The van der Waals surface area contributed by atoms with Crippen molar-refractivity contribution >= 4 is 12.6 Å². The third-order valence-electron chi connectivity index (χ3n) is 8.13. The van der Waals surface area contributed by atoms with Crippen molar-refractivity contribution in [2.45, 2.75) is 144 Å². The standard InChI is InChI=1S/C31H54O2S/c1-21(2)13-10-14-22(3)15-11-16-23(4)17-12-19-31(9)20-18-28-26(7)29(32-27(8)34)24(5)25(6)30(28)33-31/h21-23,27,34H,10-20H2,1-9H3/t22-,23-,27?,31-/m1/s1. The van der Waals surface area contributed by atoms with E-state index >= 15 is 0 Å². The zero-order chi connectivity index (χ0) is 25.5. The van der Waals surface area contributed by atoms with Gasteiger partial charge in [0, 0.05) is 5.56 Å². The molecule has 1 aromatic rings. The minimum absolute atomic E-state index is 0.0551. The van der Waals surface area contributed by atoms with Crippen molar-refractivity contribution in [2.24, 2.45) is 17.8 Å². The van der Waals surface area contributed by atoms with Gasteiger partial charge in [-0.25, -0.2) is 0 Å². The topological polar surface area (TPSA) is 18.5 Å². The van der Waals surface area contributed by atoms with Crippen LogP contribution in [-0.2, 0) is 6.42 Å². The third kappa shape index (κ3) is 8.68. The van der Waals surface area contributed by atoms with Gasteiger partial charge in [0.2, 0.25) is 0 Å². The van der Waals surface area contributed by atoms with Crippen LogP contribution < -0.4 is 9.47 Å². The first-order chi connectivity index (χ1) is 15.9. The van der Waals surface area contributed by atoms with Crippen LogP contribution in [0, 0.1) is 38.5 Å². The Morgan fingerprint density at radius 2 is 1.38 bits per heavy atom. The van der Waals surface area contributed by atoms with Crippen LogP contribution in [0.4, 0.5) is 0 Å². The summed E-state index contributed by atoms with van der Waals surface area (Å²) >= 11 is 4.44. The predicted octanol–water partition coefficient (Wildman–Crippen LogP) is 9.79. The molecule has 0 N–H and O–H groups in total. The molecule has 1 unspecified atom stereocenters. The molecule has 196 valence electrons. The molecule has 2 rings (SSSR count). The summed E-state index contributed by atoms with van der Waals surface area (Å²) in [6.45, 7) is 20.4. The van der Waals surface area contributed by atoms with Crippen LogP contribution in [0.3, 0.4) is 0 Å². The largest absolute Gasteiger partial charge is 0.487 e. The molecule has 34 heavy (non-hydrogen) atoms. The van der Waals surface area contributed by atoms with E-state index in [1.165, 1.54) is 73.6 Å². The summed E-state index contributed by atoms with van der Waals surface area (Å²) in [5.74, 6) is 4.66. The van der Waals surface area contributed by atoms with Crippen LogP contribution in [-0.4, -0.2) is 11.0 Å². The van der Waals surface area contributed by atoms with E-state index in [0.717, 1.165) is 48.5 Å². The van der Waals surface area contributed by atoms with E-state index in [2.05, 4.69) is 68.0 Å². The summed E-state index contributed by atoms with van der Waals surface area (Å²) in [5, 5.41) is 0. The quantitative estimate of drug-likeness (QED) is 0.207. The molecule has 1 aromatic carbocycles. The van der Waals surface area contributed by atoms with E-state index in [0.29, 0.717) is 0 Å². The first kappa shape index (κ1) is 29.4. The maximum Gasteiger partial charge on any atom is 0.138 e. The highest BCUT2D eigenvalue weighted by Crippen LogP contribution is 2.45. The van der Waals surface area contributed by atoms with Crippen molar-refractivity contribution in [3.63, 3.8) is 0 Å². The molecule has 0 aliphatic carbocycles. The van der Waals surface area contributed by atoms with Crippen LogP contribution in [0.15, 0.2) is 0 Å². The molecule has 0 bridgehead atoms. The molecule has 0 spiro atoms. The zero-order valence-corrected chi connectivity index (χ0v) is 24.7. The van der Waals surface area contributed by atoms with Crippen LogP contribution >= 0.6 is 12.6 Å². The molecule has 0 saturated carbocycles. The Kier molecular flexibility index (Phi) is 11.6. The molecule has 1 aliphatic heterocycles. The summed E-state index contributed by atoms with van der Waals surface area (Å²) in [7, 11) is 0. The Balaban J connectivity index is 1.82. The van der Waals surface area contributed by atoms with Gasteiger partial charge in [0.15, 0.2) is 0 Å². The summed E-state index contributed by atoms with van der Waals surface area (Å²) in [5.41, 5.74) is 4.81. The van der Waals surface area contributed by atoms with Gasteiger partial charge in [-0.05, 0) is 94.7 Å². The molecule has 4 atom stereocenters. The van der Waals surface area contributed by atoms with Crippen LogP contribution in [0.25, 0.3) is 0 Å². The maximum atomic E-state index is 6.75. The Morgan fingerprint density at radius 1 is 0.824 bits per heavy atom. The summed E-state index contributed by atoms with van der Waals surface area (Å²) in [6, 6.07) is 0. The lowest BCUT2D eigenvalue weighted by Crippen LogP contribution is -2.37. The number of thiol groups is 1. The van der Waals surface area contributed by atoms with Crippen molar-refractivity contribution in [2.75, 3.05) is 0 Å². The number of rotatable bonds is 14. The van der Waals surface area contributed by atoms with Gasteiger partial charge >= 0.3 is 0 Å². The smallest absolute Gasteiger partial charge is 0.138 e. The SMILES string of the molecule is Cc1c(C)c2c(c(C)c1OC(C)S)CC[C@@](C)(CCC[C@H](C)CCC[C@H](C)CCCC(C)C)O2. The minimum Gasteiger partial charge on any atom is -0.487 e. The zero-order valence-electron chi connectivity index (χ0n) is 23.9. The van der Waals surface area contributed by atoms with Gasteiger partial charge < -0.3 is 9.47 Å². The molecule has 0 aromatic heterocycles. The lowest BCUT2D eigenvalue weighted by atomic mass is 9.83. The monoisotopic (exact) mass is 490 g/mol. The highest BCUT2D eigenvalue weighted by Gasteiger charge is 2.34. The molecule has 0 amide bonds. The van der Waals surface area contributed by atoms with E-state index < -0.39 is 0 Å². The van der Waals surface area contributed by atoms with E-state index in [9.17, 15) is 0 Å². The van der Waals surface area contributed by atoms with Crippen molar-refractivity contribution in [1.29, 1.82) is 0 Å². The lowest BCUT2D eigenvalue weighted by molar-refractivity contribution is 0.0511. The highest BCUT2D eigenvalue weighted by atomic mass is 32.1. The first-order valence-corrected chi connectivity index (χ1v) is 14.6. The van der Waals surface area contributed by atoms with E-state index in [4.69, 9.17) is 9.47 Å². The molecule has 0 fully saturated rings. The van der Waals surface area contributed by atoms with E-state index in [1.807, 2.05) is 6.92 Å². The van der Waals surface area contributed by atoms with Gasteiger partial charge in [-0.15, -0.1) is 12.6 Å². The fourth-order valence-corrected chi connectivity index (χ4v) is 5.71. The second kappa shape index (κ2) is 13.5. The van der Waals surface area contributed by atoms with Crippen LogP contribution in [0.5, 0.6) is 11.5 Å². The molecule has 1 aliphatic rings. The van der Waals surface area contributed by atoms with Gasteiger partial charge in [-0.2, -0.15) is 0 Å². The molecule has 3 heteroatoms. The summed E-state index contributed by atoms with van der Waals surface area (Å²) < 4.78 is 12.8. The van der Waals surface area contributed by atoms with Crippen molar-refractivity contribution < 1.29 is 9.47 Å². The molecule has 0 saturated heterocycles. The Bertz CT molecular complexity index is 769. The number of fused-ring (bicyclic) bond motifs is 1. The molecular formula is C31H54O2S. The average Bonchev–Trinajstić information content (AvgIpc) is 2.74. The first-order valence-electron chi connectivity index (χ1n) is 14.1. The number of hydrogen-bond donors (Lipinski definition) is 1. The van der Waals surface area contributed by atoms with Gasteiger partial charge in [0.1, 0.15) is 22.5 Å². The number of ether oxygens (including phenoxy) is 2. The average molecular weight is 491 g/mol. The minimum atomic E-state index is -0.111. The van der Waals surface area contributed by atoms with E-state index in [1.54, 1.807) is 0 Å². The third-order valence-corrected chi connectivity index (χ3v) is 8.23. The van der Waals surface area contributed by atoms with Crippen LogP contribution in [0.1, 0.15) is 128 Å². The van der Waals surface area contributed by atoms with E-state index in [-0.39, 0.29) is 11.0 Å². The fourth-order valence-electron chi connectivity index (χ4n) is 5.61. The highest BCUT2D eigenvalue weighted by molar-refractivity contribution is 7.80. The lowest BCUT2D eigenvalue weighted by Gasteiger charge is -2.38. The van der Waals surface area contributed by atoms with Gasteiger partial charge in [0.25, 0.3) is 0 Å². The maximum absolute atomic E-state index is 6.75. The van der Waals surface area contributed by atoms with Crippen molar-refractivity contribution in [1.82, 2.24) is 0 Å². The number of hydrogen-bond acceptors (Lipinski definition) is 3. The van der Waals surface area contributed by atoms with Gasteiger partial charge in [-0.3, -0.25) is 0 Å². The number of benzene rings is 1. The molecular weight excluding hydrogens is 436 g/mol. The van der Waals surface area contributed by atoms with Crippen LogP contribution in [0.2, 0.25) is 0 Å². The summed E-state index contributed by atoms with van der Waals surface area (Å²) in [4.78, 5) is 0. The van der Waals surface area contributed by atoms with Gasteiger partial charge in [-0.1, -0.05) is 72.6 Å². The molecule has 2 nitrogen and oxygen atoms in total. The normalized spacial score (nSPS) is 20.6. The Morgan fingerprint density at radius 3 is 1.94 bits per heavy atom. The van der Waals surface area contributed by atoms with Crippen molar-refractivity contribution in [3.05, 3.63) is 22.3 Å². The second-order valence-electron chi connectivity index (χ2n) is 12.1. The van der Waals surface area contributed by atoms with Gasteiger partial charge in [0.05, 0.1) is 0 Å². The fraction of sp³-hybridized carbons (Fsp3) is 0.806. The predicted molar refractivity (Wildman–Crippen MR) is 152 cm³/mol. The second-order valence-corrected chi connectivity index (χ2v) is 12.9. The Labute approximate surface area is 217 Å². The summed E-state index contributed by atoms with van der Waals surface area (Å²) in [6.07, 6.45) is 14.2. The molecule has 1 heterocycles. The Hall–Kier alpha value is -0.830.